The minimum atomic E-state index is -0.944. The molecule has 1 atom stereocenters. The van der Waals surface area contributed by atoms with Gasteiger partial charge in [0.15, 0.2) is 0 Å². The van der Waals surface area contributed by atoms with Crippen LogP contribution in [0.3, 0.4) is 0 Å². The molecule has 3 N–H and O–H groups in total. The Morgan fingerprint density at radius 1 is 1.31 bits per heavy atom. The third-order valence-corrected chi connectivity index (χ3v) is 5.83. The Balaban J connectivity index is 2.48. The Labute approximate surface area is 157 Å². The molecule has 1 aromatic heterocycles. The molecule has 8 heteroatoms. The predicted molar refractivity (Wildman–Crippen MR) is 99.2 cm³/mol. The number of nitrogens with one attached hydrogen (secondary N) is 1. The fourth-order valence-corrected chi connectivity index (χ4v) is 4.73. The molecule has 26 heavy (non-hydrogen) atoms. The second-order valence-corrected chi connectivity index (χ2v) is 8.52. The first-order valence-electron chi connectivity index (χ1n) is 8.48. The molecule has 0 saturated carbocycles. The number of nitrogens with two attached hydrogens (primary N) is 1. The van der Waals surface area contributed by atoms with Crippen molar-refractivity contribution in [1.82, 2.24) is 0 Å². The maximum Gasteiger partial charge on any atom is 0.318 e. The van der Waals surface area contributed by atoms with E-state index in [0.29, 0.717) is 17.0 Å². The van der Waals surface area contributed by atoms with E-state index in [4.69, 9.17) is 10.5 Å². The molecule has 1 aromatic rings. The van der Waals surface area contributed by atoms with E-state index in [1.807, 2.05) is 27.7 Å². The number of thiophene rings is 1. The van der Waals surface area contributed by atoms with Gasteiger partial charge in [-0.1, -0.05) is 6.92 Å². The smallest absolute Gasteiger partial charge is 0.318 e. The van der Waals surface area contributed by atoms with Crippen LogP contribution < -0.4 is 11.1 Å². The van der Waals surface area contributed by atoms with Crippen molar-refractivity contribution in [2.45, 2.75) is 58.7 Å². The number of fused-ring (bicyclic) bond motifs is 1. The van der Waals surface area contributed by atoms with E-state index in [2.05, 4.69) is 10.1 Å². The molecule has 0 radical (unpaired) electrons. The first kappa shape index (κ1) is 20.4. The lowest BCUT2D eigenvalue weighted by Crippen LogP contribution is -2.42. The van der Waals surface area contributed by atoms with Gasteiger partial charge >= 0.3 is 5.97 Å². The molecule has 1 unspecified atom stereocenters. The van der Waals surface area contributed by atoms with Crippen LogP contribution in [0, 0.1) is 5.92 Å². The molecule has 2 amide bonds. The van der Waals surface area contributed by atoms with Crippen molar-refractivity contribution in [3.05, 3.63) is 16.0 Å². The fraction of sp³-hybridized carbons (Fsp3) is 0.611. The first-order chi connectivity index (χ1) is 11.9. The second-order valence-electron chi connectivity index (χ2n) is 7.50. The quantitative estimate of drug-likeness (QED) is 0.601. The van der Waals surface area contributed by atoms with Crippen molar-refractivity contribution in [2.24, 2.45) is 11.7 Å². The molecule has 0 aliphatic carbocycles. The van der Waals surface area contributed by atoms with E-state index in [-0.39, 0.29) is 6.42 Å². The van der Waals surface area contributed by atoms with Crippen LogP contribution in [0.25, 0.3) is 0 Å². The van der Waals surface area contributed by atoms with Gasteiger partial charge in [-0.3, -0.25) is 14.4 Å². The van der Waals surface area contributed by atoms with Gasteiger partial charge in [0, 0.05) is 11.3 Å². The van der Waals surface area contributed by atoms with Gasteiger partial charge in [0.05, 0.1) is 23.9 Å². The van der Waals surface area contributed by atoms with Gasteiger partial charge < -0.3 is 20.5 Å². The number of carbonyl (C=O) groups excluding carboxylic acids is 3. The first-order valence-corrected chi connectivity index (χ1v) is 9.30. The second kappa shape index (κ2) is 7.00. The van der Waals surface area contributed by atoms with Crippen LogP contribution >= 0.6 is 11.3 Å². The molecule has 2 rings (SSSR count). The van der Waals surface area contributed by atoms with Crippen LogP contribution in [0.5, 0.6) is 0 Å². The van der Waals surface area contributed by atoms with E-state index >= 15 is 0 Å². The maximum atomic E-state index is 12.5. The molecule has 0 aromatic carbocycles. The minimum absolute atomic E-state index is 0.289. The zero-order valence-electron chi connectivity index (χ0n) is 16.0. The monoisotopic (exact) mass is 382 g/mol. The third-order valence-electron chi connectivity index (χ3n) is 4.38. The zero-order chi connectivity index (χ0) is 19.9. The van der Waals surface area contributed by atoms with Crippen LogP contribution in [0.4, 0.5) is 5.00 Å². The lowest BCUT2D eigenvalue weighted by atomic mass is 9.86. The molecule has 0 fully saturated rings. The largest absolute Gasteiger partial charge is 0.468 e. The number of hydrogen-bond acceptors (Lipinski definition) is 6. The summed E-state index contributed by atoms with van der Waals surface area (Å²) in [6, 6.07) is 0. The molecular formula is C18H26N2O5S. The summed E-state index contributed by atoms with van der Waals surface area (Å²) in [6.45, 7) is 9.45. The SMILES string of the molecule is CCC(C(=O)Nc1sc2c(c1C(N)=O)CC(C)(C)OC2(C)C)C(=O)OC. The summed E-state index contributed by atoms with van der Waals surface area (Å²) in [5.41, 5.74) is 5.61. The summed E-state index contributed by atoms with van der Waals surface area (Å²) in [4.78, 5) is 37.3. The number of primary amides is 1. The number of hydrogen-bond donors (Lipinski definition) is 2. The van der Waals surface area contributed by atoms with Gasteiger partial charge in [0.2, 0.25) is 5.91 Å². The summed E-state index contributed by atoms with van der Waals surface area (Å²) in [6.07, 6.45) is 0.793. The van der Waals surface area contributed by atoms with E-state index < -0.39 is 34.9 Å². The van der Waals surface area contributed by atoms with Crippen LogP contribution in [-0.4, -0.2) is 30.5 Å². The summed E-state index contributed by atoms with van der Waals surface area (Å²) in [7, 11) is 1.24. The normalized spacial score (nSPS) is 18.5. The van der Waals surface area contributed by atoms with Gasteiger partial charge in [0.1, 0.15) is 10.9 Å². The molecule has 7 nitrogen and oxygen atoms in total. The topological polar surface area (TPSA) is 108 Å². The van der Waals surface area contributed by atoms with Crippen molar-refractivity contribution in [3.8, 4) is 0 Å². The predicted octanol–water partition coefficient (Wildman–Crippen LogP) is 2.57. The van der Waals surface area contributed by atoms with Gasteiger partial charge in [0.25, 0.3) is 5.91 Å². The highest BCUT2D eigenvalue weighted by molar-refractivity contribution is 7.17. The van der Waals surface area contributed by atoms with Crippen molar-refractivity contribution >= 4 is 34.1 Å². The molecule has 2 heterocycles. The molecule has 1 aliphatic rings. The third kappa shape index (κ3) is 3.76. The van der Waals surface area contributed by atoms with E-state index in [0.717, 1.165) is 10.4 Å². The van der Waals surface area contributed by atoms with Gasteiger partial charge in [-0.2, -0.15) is 0 Å². The average Bonchev–Trinajstić information content (AvgIpc) is 2.84. The van der Waals surface area contributed by atoms with Crippen molar-refractivity contribution in [2.75, 3.05) is 12.4 Å². The number of methoxy groups -OCH3 is 1. The Bertz CT molecular complexity index is 751. The highest BCUT2D eigenvalue weighted by Gasteiger charge is 2.43. The van der Waals surface area contributed by atoms with E-state index in [1.54, 1.807) is 6.92 Å². The van der Waals surface area contributed by atoms with Crippen molar-refractivity contribution < 1.29 is 23.9 Å². The van der Waals surface area contributed by atoms with Crippen LogP contribution in [0.15, 0.2) is 0 Å². The number of carbonyl (C=O) groups is 3. The summed E-state index contributed by atoms with van der Waals surface area (Å²) in [5, 5.41) is 3.05. The van der Waals surface area contributed by atoms with Gasteiger partial charge in [-0.15, -0.1) is 11.3 Å². The molecule has 0 spiro atoms. The fourth-order valence-electron chi connectivity index (χ4n) is 3.47. The number of esters is 1. The summed E-state index contributed by atoms with van der Waals surface area (Å²) < 4.78 is 10.8. The molecular weight excluding hydrogens is 356 g/mol. The van der Waals surface area contributed by atoms with Gasteiger partial charge in [-0.25, -0.2) is 0 Å². The average molecular weight is 382 g/mol. The molecule has 144 valence electrons. The number of ether oxygens (including phenoxy) is 2. The maximum absolute atomic E-state index is 12.5. The van der Waals surface area contributed by atoms with Crippen LogP contribution in [-0.2, 0) is 31.1 Å². The Hall–Kier alpha value is -1.93. The Morgan fingerprint density at radius 2 is 1.92 bits per heavy atom. The minimum Gasteiger partial charge on any atom is -0.468 e. The molecule has 0 saturated heterocycles. The number of amides is 2. The highest BCUT2D eigenvalue weighted by Crippen LogP contribution is 2.48. The lowest BCUT2D eigenvalue weighted by Gasteiger charge is -2.41. The number of rotatable bonds is 5. The number of anilines is 1. The Morgan fingerprint density at radius 3 is 2.42 bits per heavy atom. The van der Waals surface area contributed by atoms with E-state index in [1.165, 1.54) is 18.4 Å². The summed E-state index contributed by atoms with van der Waals surface area (Å²) >= 11 is 1.26. The molecule has 0 bridgehead atoms. The van der Waals surface area contributed by atoms with Crippen molar-refractivity contribution in [3.63, 3.8) is 0 Å². The van der Waals surface area contributed by atoms with E-state index in [9.17, 15) is 14.4 Å². The standard InChI is InChI=1S/C18H26N2O5S/c1-7-9(16(23)24-6)14(22)20-15-11(13(19)21)10-8-17(2,3)25-18(4,5)12(10)26-15/h9H,7-8H2,1-6H3,(H2,19,21)(H,20,22). The Kier molecular flexibility index (Phi) is 5.49. The zero-order valence-corrected chi connectivity index (χ0v) is 16.8. The molecule has 1 aliphatic heterocycles. The van der Waals surface area contributed by atoms with Gasteiger partial charge in [-0.05, 0) is 39.7 Å². The lowest BCUT2D eigenvalue weighted by molar-refractivity contribution is -0.148. The van der Waals surface area contributed by atoms with Crippen LogP contribution in [0.2, 0.25) is 0 Å². The van der Waals surface area contributed by atoms with Crippen molar-refractivity contribution in [1.29, 1.82) is 0 Å². The highest BCUT2D eigenvalue weighted by atomic mass is 32.1. The van der Waals surface area contributed by atoms with Crippen LogP contribution in [0.1, 0.15) is 61.8 Å². The summed E-state index contributed by atoms with van der Waals surface area (Å²) in [5.74, 6) is -2.69.